The molecule has 2 aliphatic rings. The van der Waals surface area contributed by atoms with Gasteiger partial charge in [-0.05, 0) is 81.5 Å². The van der Waals surface area contributed by atoms with Gasteiger partial charge in [0.15, 0.2) is 0 Å². The molecule has 8 heteroatoms. The Labute approximate surface area is 381 Å². The Bertz CT molecular complexity index is 2540. The highest BCUT2D eigenvalue weighted by Gasteiger charge is 2.58. The van der Waals surface area contributed by atoms with E-state index < -0.39 is 30.2 Å². The van der Waals surface area contributed by atoms with Crippen LogP contribution in [0.3, 0.4) is 0 Å². The van der Waals surface area contributed by atoms with Crippen LogP contribution in [0.2, 0.25) is 5.02 Å². The third-order valence-electron chi connectivity index (χ3n) is 12.0. The second-order valence-electron chi connectivity index (χ2n) is 16.6. The van der Waals surface area contributed by atoms with E-state index in [1.54, 1.807) is 6.07 Å². The molecule has 1 unspecified atom stereocenters. The number of ether oxygens (including phenoxy) is 6. The number of fused-ring (bicyclic) bond motifs is 1. The lowest BCUT2D eigenvalue weighted by Gasteiger charge is -2.50. The molecule has 0 radical (unpaired) electrons. The van der Waals surface area contributed by atoms with E-state index in [0.717, 1.165) is 51.8 Å². The molecule has 1 N–H and O–H groups in total. The van der Waals surface area contributed by atoms with Crippen molar-refractivity contribution >= 4 is 11.6 Å². The first-order chi connectivity index (χ1) is 31.5. The highest BCUT2D eigenvalue weighted by Crippen LogP contribution is 2.46. The molecule has 0 bridgehead atoms. The van der Waals surface area contributed by atoms with Gasteiger partial charge >= 0.3 is 0 Å². The summed E-state index contributed by atoms with van der Waals surface area (Å²) in [5.74, 6) is -1.81. The van der Waals surface area contributed by atoms with E-state index >= 15 is 0 Å². The zero-order valence-electron chi connectivity index (χ0n) is 35.8. The maximum atomic E-state index is 13.8. The molecule has 1 aliphatic heterocycles. The van der Waals surface area contributed by atoms with Gasteiger partial charge in [0.25, 0.3) is 0 Å². The lowest BCUT2D eigenvalue weighted by atomic mass is 9.84. The largest absolute Gasteiger partial charge is 0.488 e. The first-order valence-electron chi connectivity index (χ1n) is 22.1. The molecule has 7 aromatic rings. The van der Waals surface area contributed by atoms with Crippen LogP contribution in [0.1, 0.15) is 55.6 Å². The van der Waals surface area contributed by atoms with Crippen LogP contribution in [0, 0.1) is 0 Å². The van der Waals surface area contributed by atoms with E-state index in [9.17, 15) is 5.11 Å². The minimum atomic E-state index is -2.17. The minimum absolute atomic E-state index is 0.0725. The fourth-order valence-electron chi connectivity index (χ4n) is 8.52. The smallest absolute Gasteiger partial charge is 0.226 e. The SMILES string of the molecule is OC1(c2cc(Cc3ccc4c(c3)CC4)c(Cl)cc2OCc2ccccc2)O[C@H](COCc2ccccc2)[C@@H](OCc2ccccc2)[C@H](OCc2ccccc2)[C@H]1OCc1ccccc1. The van der Waals surface area contributed by atoms with Gasteiger partial charge in [0.2, 0.25) is 5.79 Å². The van der Waals surface area contributed by atoms with Crippen molar-refractivity contribution in [2.24, 2.45) is 0 Å². The molecule has 5 atom stereocenters. The van der Waals surface area contributed by atoms with Crippen LogP contribution in [0.15, 0.2) is 182 Å². The summed E-state index contributed by atoms with van der Waals surface area (Å²) in [6.07, 6.45) is -0.939. The number of hydrogen-bond acceptors (Lipinski definition) is 7. The van der Waals surface area contributed by atoms with Crippen molar-refractivity contribution in [3.05, 3.63) is 243 Å². The average molecular weight is 873 g/mol. The third kappa shape index (κ3) is 10.7. The molecule has 9 rings (SSSR count). The van der Waals surface area contributed by atoms with Crippen LogP contribution in [0.5, 0.6) is 5.75 Å². The summed E-state index contributed by atoms with van der Waals surface area (Å²) in [6.45, 7) is 1.25. The lowest BCUT2D eigenvalue weighted by Crippen LogP contribution is -2.65. The molecule has 326 valence electrons. The lowest BCUT2D eigenvalue weighted by molar-refractivity contribution is -0.379. The van der Waals surface area contributed by atoms with Gasteiger partial charge in [-0.1, -0.05) is 181 Å². The summed E-state index contributed by atoms with van der Waals surface area (Å²) in [5, 5.41) is 14.3. The molecule has 1 heterocycles. The third-order valence-corrected chi connectivity index (χ3v) is 12.4. The van der Waals surface area contributed by atoms with Gasteiger partial charge in [-0.15, -0.1) is 0 Å². The standard InChI is InChI=1S/C56H53ClO7/c57-50-33-51(60-35-41-18-8-2-9-19-41)49(32-48(50)31-45-26-27-46-28-29-47(46)30-45)56(58)55(63-38-44-24-14-5-15-25-44)54(62-37-43-22-12-4-13-23-43)53(61-36-42-20-10-3-11-21-42)52(64-56)39-59-34-40-16-6-1-7-17-40/h1-27,30,32-33,52-55,58H,28-29,31,34-39H2/t52-,53-,54+,55-,56?/m1/s1. The molecule has 7 nitrogen and oxygen atoms in total. The average Bonchev–Trinajstić information content (AvgIpc) is 3.32. The maximum absolute atomic E-state index is 13.8. The van der Waals surface area contributed by atoms with Crippen molar-refractivity contribution in [1.29, 1.82) is 0 Å². The molecule has 1 aliphatic carbocycles. The first kappa shape index (κ1) is 43.6. The van der Waals surface area contributed by atoms with Crippen LogP contribution in [0.25, 0.3) is 0 Å². The van der Waals surface area contributed by atoms with E-state index in [0.29, 0.717) is 29.4 Å². The molecular weight excluding hydrogens is 820 g/mol. The van der Waals surface area contributed by atoms with Crippen LogP contribution >= 0.6 is 11.6 Å². The van der Waals surface area contributed by atoms with Crippen LogP contribution < -0.4 is 4.74 Å². The van der Waals surface area contributed by atoms with Crippen molar-refractivity contribution in [2.75, 3.05) is 6.61 Å². The Kier molecular flexibility index (Phi) is 14.3. The second kappa shape index (κ2) is 20.9. The van der Waals surface area contributed by atoms with Gasteiger partial charge in [-0.25, -0.2) is 0 Å². The van der Waals surface area contributed by atoms with E-state index in [-0.39, 0.29) is 33.0 Å². The van der Waals surface area contributed by atoms with Gasteiger partial charge in [-0.2, -0.15) is 0 Å². The Morgan fingerprint density at radius 2 is 1.02 bits per heavy atom. The zero-order chi connectivity index (χ0) is 43.6. The van der Waals surface area contributed by atoms with Gasteiger partial charge < -0.3 is 33.5 Å². The number of aliphatic hydroxyl groups is 1. The maximum Gasteiger partial charge on any atom is 0.226 e. The predicted octanol–water partition coefficient (Wildman–Crippen LogP) is 11.1. The van der Waals surface area contributed by atoms with Crippen LogP contribution in [-0.4, -0.2) is 36.1 Å². The summed E-state index contributed by atoms with van der Waals surface area (Å²) < 4.78 is 41.2. The highest BCUT2D eigenvalue weighted by atomic mass is 35.5. The molecule has 0 spiro atoms. The van der Waals surface area contributed by atoms with Gasteiger partial charge in [-0.3, -0.25) is 0 Å². The monoisotopic (exact) mass is 872 g/mol. The summed E-state index contributed by atoms with van der Waals surface area (Å²) >= 11 is 7.21. The Balaban J connectivity index is 1.16. The number of benzene rings is 7. The van der Waals surface area contributed by atoms with E-state index in [1.165, 1.54) is 11.1 Å². The topological polar surface area (TPSA) is 75.6 Å². The molecule has 1 saturated heterocycles. The van der Waals surface area contributed by atoms with Gasteiger partial charge in [0, 0.05) is 5.02 Å². The van der Waals surface area contributed by atoms with Crippen LogP contribution in [-0.2, 0) is 81.8 Å². The number of aryl methyl sites for hydroxylation is 2. The zero-order valence-corrected chi connectivity index (χ0v) is 36.5. The van der Waals surface area contributed by atoms with Crippen molar-refractivity contribution < 1.29 is 33.5 Å². The highest BCUT2D eigenvalue weighted by molar-refractivity contribution is 6.31. The van der Waals surface area contributed by atoms with E-state index in [1.807, 2.05) is 158 Å². The molecule has 7 aromatic carbocycles. The summed E-state index contributed by atoms with van der Waals surface area (Å²) in [6, 6.07) is 60.1. The van der Waals surface area contributed by atoms with E-state index in [4.69, 9.17) is 40.0 Å². The Morgan fingerprint density at radius 3 is 1.55 bits per heavy atom. The Morgan fingerprint density at radius 1 is 0.516 bits per heavy atom. The summed E-state index contributed by atoms with van der Waals surface area (Å²) in [4.78, 5) is 0. The van der Waals surface area contributed by atoms with Crippen molar-refractivity contribution in [2.45, 2.75) is 82.5 Å². The Hall–Kier alpha value is -5.61. The number of hydrogen-bond donors (Lipinski definition) is 1. The van der Waals surface area contributed by atoms with Crippen molar-refractivity contribution in [3.63, 3.8) is 0 Å². The summed E-state index contributed by atoms with van der Waals surface area (Å²) in [7, 11) is 0. The molecule has 1 fully saturated rings. The van der Waals surface area contributed by atoms with Crippen molar-refractivity contribution in [3.8, 4) is 5.75 Å². The molecular formula is C56H53ClO7. The summed E-state index contributed by atoms with van der Waals surface area (Å²) in [5.41, 5.74) is 9.86. The second-order valence-corrected chi connectivity index (χ2v) is 17.0. The molecule has 0 aromatic heterocycles. The van der Waals surface area contributed by atoms with Gasteiger partial charge in [0.05, 0.1) is 38.6 Å². The van der Waals surface area contributed by atoms with Crippen molar-refractivity contribution in [1.82, 2.24) is 0 Å². The fourth-order valence-corrected chi connectivity index (χ4v) is 8.74. The normalized spacial score (nSPS) is 20.3. The molecule has 0 saturated carbocycles. The number of halogens is 1. The van der Waals surface area contributed by atoms with Crippen LogP contribution in [0.4, 0.5) is 0 Å². The molecule has 64 heavy (non-hydrogen) atoms. The molecule has 0 amide bonds. The van der Waals surface area contributed by atoms with E-state index in [2.05, 4.69) is 18.2 Å². The fraction of sp³-hybridized carbons (Fsp3) is 0.250. The number of rotatable bonds is 19. The van der Waals surface area contributed by atoms with Gasteiger partial charge in [0.1, 0.15) is 36.8 Å². The minimum Gasteiger partial charge on any atom is -0.488 e. The first-order valence-corrected chi connectivity index (χ1v) is 22.4. The predicted molar refractivity (Wildman–Crippen MR) is 249 cm³/mol. The quantitative estimate of drug-likeness (QED) is 0.0867.